The summed E-state index contributed by atoms with van der Waals surface area (Å²) in [6.45, 7) is 4.63. The number of hydrogen-bond donors (Lipinski definition) is 3. The van der Waals surface area contributed by atoms with Crippen LogP contribution in [-0.2, 0) is 4.79 Å². The molecular weight excluding hydrogens is 264 g/mol. The predicted molar refractivity (Wildman–Crippen MR) is 86.9 cm³/mol. The van der Waals surface area contributed by atoms with Crippen LogP contribution in [0.2, 0.25) is 0 Å². The first-order valence-corrected chi connectivity index (χ1v) is 8.51. The van der Waals surface area contributed by atoms with Crippen molar-refractivity contribution in [2.24, 2.45) is 5.92 Å². The molecule has 1 aliphatic carbocycles. The Balaban J connectivity index is 2.19. The van der Waals surface area contributed by atoms with Crippen molar-refractivity contribution >= 4 is 5.91 Å². The van der Waals surface area contributed by atoms with E-state index in [1.165, 1.54) is 19.3 Å². The second-order valence-electron chi connectivity index (χ2n) is 5.99. The molecule has 0 aromatic carbocycles. The van der Waals surface area contributed by atoms with Gasteiger partial charge in [0.05, 0.1) is 0 Å². The van der Waals surface area contributed by atoms with Crippen LogP contribution in [0.1, 0.15) is 65.2 Å². The van der Waals surface area contributed by atoms with Crippen molar-refractivity contribution in [3.05, 3.63) is 12.2 Å². The number of aliphatic hydroxyl groups is 1. The van der Waals surface area contributed by atoms with Gasteiger partial charge in [0.2, 0.25) is 5.91 Å². The van der Waals surface area contributed by atoms with Crippen molar-refractivity contribution in [1.82, 2.24) is 10.6 Å². The lowest BCUT2D eigenvalue weighted by Crippen LogP contribution is -2.38. The van der Waals surface area contributed by atoms with Gasteiger partial charge in [-0.05, 0) is 45.1 Å². The summed E-state index contributed by atoms with van der Waals surface area (Å²) < 4.78 is 0. The molecule has 0 saturated heterocycles. The zero-order valence-corrected chi connectivity index (χ0v) is 13.6. The number of hydrogen-bond acceptors (Lipinski definition) is 3. The maximum absolute atomic E-state index is 11.4. The molecule has 0 bridgehead atoms. The van der Waals surface area contributed by atoms with Gasteiger partial charge in [0.15, 0.2) is 0 Å². The Morgan fingerprint density at radius 2 is 2.05 bits per heavy atom. The van der Waals surface area contributed by atoms with Gasteiger partial charge in [0.1, 0.15) is 6.23 Å². The number of nitrogens with one attached hydrogen (secondary N) is 2. The topological polar surface area (TPSA) is 61.4 Å². The first kappa shape index (κ1) is 18.2. The number of allylic oxidation sites excluding steroid dienone is 1. The molecule has 2 atom stereocenters. The van der Waals surface area contributed by atoms with Gasteiger partial charge in [-0.3, -0.25) is 10.1 Å². The lowest BCUT2D eigenvalue weighted by molar-refractivity contribution is -0.121. The van der Waals surface area contributed by atoms with E-state index in [-0.39, 0.29) is 18.2 Å². The maximum atomic E-state index is 11.4. The molecule has 0 radical (unpaired) electrons. The first-order chi connectivity index (χ1) is 10.2. The summed E-state index contributed by atoms with van der Waals surface area (Å²) in [6.07, 6.45) is 12.1. The highest BCUT2D eigenvalue weighted by atomic mass is 16.3. The average molecular weight is 296 g/mol. The summed E-state index contributed by atoms with van der Waals surface area (Å²) in [6, 6.07) is 0.107. The van der Waals surface area contributed by atoms with Gasteiger partial charge in [-0.25, -0.2) is 0 Å². The molecule has 1 unspecified atom stereocenters. The van der Waals surface area contributed by atoms with Crippen molar-refractivity contribution in [1.29, 1.82) is 0 Å². The molecular formula is C17H32N2O2. The largest absolute Gasteiger partial charge is 0.378 e. The molecule has 0 aromatic rings. The molecule has 0 aliphatic heterocycles. The zero-order chi connectivity index (χ0) is 15.5. The van der Waals surface area contributed by atoms with Crippen LogP contribution in [0.4, 0.5) is 0 Å². The third-order valence-corrected chi connectivity index (χ3v) is 4.23. The summed E-state index contributed by atoms with van der Waals surface area (Å²) in [5.41, 5.74) is 0. The van der Waals surface area contributed by atoms with Crippen LogP contribution in [0, 0.1) is 5.92 Å². The Bertz CT molecular complexity index is 312. The Morgan fingerprint density at radius 1 is 1.33 bits per heavy atom. The third-order valence-electron chi connectivity index (χ3n) is 4.23. The number of rotatable bonds is 9. The van der Waals surface area contributed by atoms with Crippen molar-refractivity contribution in [3.8, 4) is 0 Å². The second-order valence-corrected chi connectivity index (χ2v) is 5.99. The SMILES string of the molecule is C/C=C\[C@@H](CCCNC(O)C1CCCCC1)NC(=O)CC. The van der Waals surface area contributed by atoms with Crippen LogP contribution in [0.5, 0.6) is 0 Å². The highest BCUT2D eigenvalue weighted by Crippen LogP contribution is 2.25. The van der Waals surface area contributed by atoms with Gasteiger partial charge in [-0.2, -0.15) is 0 Å². The molecule has 0 heterocycles. The van der Waals surface area contributed by atoms with E-state index in [2.05, 4.69) is 10.6 Å². The van der Waals surface area contributed by atoms with Gasteiger partial charge in [0, 0.05) is 12.5 Å². The van der Waals surface area contributed by atoms with Crippen LogP contribution < -0.4 is 10.6 Å². The first-order valence-electron chi connectivity index (χ1n) is 8.51. The number of aliphatic hydroxyl groups excluding tert-OH is 1. The van der Waals surface area contributed by atoms with Gasteiger partial charge >= 0.3 is 0 Å². The highest BCUT2D eigenvalue weighted by Gasteiger charge is 2.20. The Labute approximate surface area is 129 Å². The van der Waals surface area contributed by atoms with Crippen LogP contribution in [0.25, 0.3) is 0 Å². The van der Waals surface area contributed by atoms with Crippen molar-refractivity contribution in [2.45, 2.75) is 77.5 Å². The van der Waals surface area contributed by atoms with E-state index >= 15 is 0 Å². The maximum Gasteiger partial charge on any atom is 0.220 e. The van der Waals surface area contributed by atoms with Gasteiger partial charge in [-0.1, -0.05) is 38.3 Å². The predicted octanol–water partition coefficient (Wildman–Crippen LogP) is 2.73. The summed E-state index contributed by atoms with van der Waals surface area (Å²) in [5, 5.41) is 16.4. The molecule has 1 fully saturated rings. The molecule has 1 rings (SSSR count). The Hall–Kier alpha value is -0.870. The molecule has 21 heavy (non-hydrogen) atoms. The van der Waals surface area contributed by atoms with E-state index in [9.17, 15) is 9.90 Å². The standard InChI is InChI=1S/C17H32N2O2/c1-3-9-15(19-16(20)4-2)12-8-13-18-17(21)14-10-6-5-7-11-14/h3,9,14-15,17-18,21H,4-8,10-13H2,1-2H3,(H,19,20)/b9-3-/t15-,17?/m0/s1. The summed E-state index contributed by atoms with van der Waals surface area (Å²) >= 11 is 0. The minimum absolute atomic E-state index is 0.0910. The van der Waals surface area contributed by atoms with Gasteiger partial charge in [0.25, 0.3) is 0 Å². The molecule has 3 N–H and O–H groups in total. The van der Waals surface area contributed by atoms with E-state index in [0.29, 0.717) is 12.3 Å². The Kier molecular flexibility index (Phi) is 9.35. The van der Waals surface area contributed by atoms with Crippen molar-refractivity contribution in [3.63, 3.8) is 0 Å². The fourth-order valence-corrected chi connectivity index (χ4v) is 2.95. The molecule has 0 aromatic heterocycles. The van der Waals surface area contributed by atoms with Crippen LogP contribution in [-0.4, -0.2) is 29.8 Å². The molecule has 1 amide bonds. The van der Waals surface area contributed by atoms with Gasteiger partial charge < -0.3 is 10.4 Å². The van der Waals surface area contributed by atoms with Crippen molar-refractivity contribution < 1.29 is 9.90 Å². The van der Waals surface area contributed by atoms with Crippen LogP contribution in [0.15, 0.2) is 12.2 Å². The fourth-order valence-electron chi connectivity index (χ4n) is 2.95. The molecule has 4 nitrogen and oxygen atoms in total. The summed E-state index contributed by atoms with van der Waals surface area (Å²) in [4.78, 5) is 11.4. The molecule has 4 heteroatoms. The smallest absolute Gasteiger partial charge is 0.220 e. The molecule has 122 valence electrons. The summed E-state index contributed by atoms with van der Waals surface area (Å²) in [7, 11) is 0. The minimum atomic E-state index is -0.365. The van der Waals surface area contributed by atoms with Crippen LogP contribution in [0.3, 0.4) is 0 Å². The third kappa shape index (κ3) is 7.63. The van der Waals surface area contributed by atoms with E-state index in [1.54, 1.807) is 0 Å². The monoisotopic (exact) mass is 296 g/mol. The summed E-state index contributed by atoms with van der Waals surface area (Å²) in [5.74, 6) is 0.512. The number of carbonyl (C=O) groups is 1. The number of carbonyl (C=O) groups excluding carboxylic acids is 1. The van der Waals surface area contributed by atoms with E-state index in [1.807, 2.05) is 26.0 Å². The lowest BCUT2D eigenvalue weighted by Gasteiger charge is -2.27. The normalized spacial score (nSPS) is 19.6. The van der Waals surface area contributed by atoms with Gasteiger partial charge in [-0.15, -0.1) is 0 Å². The lowest BCUT2D eigenvalue weighted by atomic mass is 9.88. The minimum Gasteiger partial charge on any atom is -0.378 e. The second kappa shape index (κ2) is 10.8. The number of amides is 1. The van der Waals surface area contributed by atoms with E-state index < -0.39 is 0 Å². The average Bonchev–Trinajstić information content (AvgIpc) is 2.52. The molecule has 1 aliphatic rings. The highest BCUT2D eigenvalue weighted by molar-refractivity contribution is 5.76. The van der Waals surface area contributed by atoms with E-state index in [4.69, 9.17) is 0 Å². The van der Waals surface area contributed by atoms with Crippen LogP contribution >= 0.6 is 0 Å². The van der Waals surface area contributed by atoms with Crippen molar-refractivity contribution in [2.75, 3.05) is 6.54 Å². The molecule has 0 spiro atoms. The quantitative estimate of drug-likeness (QED) is 0.348. The fraction of sp³-hybridized carbons (Fsp3) is 0.824. The Morgan fingerprint density at radius 3 is 2.67 bits per heavy atom. The zero-order valence-electron chi connectivity index (χ0n) is 13.6. The van der Waals surface area contributed by atoms with E-state index in [0.717, 1.165) is 32.2 Å². The molecule has 1 saturated carbocycles.